The lowest BCUT2D eigenvalue weighted by atomic mass is 9.99. The average molecular weight is 347 g/mol. The van der Waals surface area contributed by atoms with Crippen LogP contribution in [0, 0.1) is 17.2 Å². The molecule has 0 aliphatic carbocycles. The highest BCUT2D eigenvalue weighted by Crippen LogP contribution is 2.27. The molecule has 1 fully saturated rings. The summed E-state index contributed by atoms with van der Waals surface area (Å²) in [6, 6.07) is 1.39. The summed E-state index contributed by atoms with van der Waals surface area (Å²) in [7, 11) is 0. The Morgan fingerprint density at radius 2 is 2.46 bits per heavy atom. The zero-order valence-corrected chi connectivity index (χ0v) is 14.4. The molecular weight excluding hydrogens is 326 g/mol. The van der Waals surface area contributed by atoms with Crippen molar-refractivity contribution in [3.63, 3.8) is 0 Å². The van der Waals surface area contributed by atoms with E-state index in [0.717, 1.165) is 25.0 Å². The van der Waals surface area contributed by atoms with Crippen LogP contribution in [0.4, 0.5) is 0 Å². The van der Waals surface area contributed by atoms with Crippen LogP contribution in [0.3, 0.4) is 0 Å². The summed E-state index contributed by atoms with van der Waals surface area (Å²) in [4.78, 5) is 12.5. The molecule has 0 spiro atoms. The summed E-state index contributed by atoms with van der Waals surface area (Å²) in [5.74, 6) is 0.634. The van der Waals surface area contributed by atoms with Gasteiger partial charge in [-0.05, 0) is 31.6 Å². The molecule has 3 heterocycles. The molecule has 1 saturated heterocycles. The molecule has 1 N–H and O–H groups in total. The highest BCUT2D eigenvalue weighted by molar-refractivity contribution is 8.02. The largest absolute Gasteiger partial charge is 0.376 e. The molecule has 1 aromatic heterocycles. The number of amides is 1. The first kappa shape index (κ1) is 17.0. The first-order chi connectivity index (χ1) is 11.7. The van der Waals surface area contributed by atoms with Gasteiger partial charge in [-0.2, -0.15) is 5.26 Å². The van der Waals surface area contributed by atoms with Gasteiger partial charge in [-0.25, -0.2) is 4.68 Å². The molecule has 24 heavy (non-hydrogen) atoms. The second-order valence-electron chi connectivity index (χ2n) is 6.09. The molecule has 1 aromatic rings. The maximum atomic E-state index is 12.5. The third kappa shape index (κ3) is 3.79. The number of ether oxygens (including phenoxy) is 1. The summed E-state index contributed by atoms with van der Waals surface area (Å²) in [6.07, 6.45) is 6.53. The van der Waals surface area contributed by atoms with Gasteiger partial charge in [0.1, 0.15) is 17.8 Å². The van der Waals surface area contributed by atoms with Crippen molar-refractivity contribution in [3.05, 3.63) is 23.4 Å². The molecular formula is C16H21N5O2S. The molecule has 1 amide bonds. The van der Waals surface area contributed by atoms with Crippen LogP contribution < -0.4 is 5.32 Å². The fraction of sp³-hybridized carbons (Fsp3) is 0.625. The van der Waals surface area contributed by atoms with Crippen LogP contribution >= 0.6 is 11.8 Å². The van der Waals surface area contributed by atoms with Crippen molar-refractivity contribution in [2.75, 3.05) is 12.4 Å². The van der Waals surface area contributed by atoms with E-state index in [2.05, 4.69) is 21.7 Å². The third-order valence-electron chi connectivity index (χ3n) is 4.33. The van der Waals surface area contributed by atoms with E-state index < -0.39 is 6.04 Å². The molecule has 7 nitrogen and oxygen atoms in total. The molecule has 4 atom stereocenters. The van der Waals surface area contributed by atoms with Crippen LogP contribution in [0.25, 0.3) is 0 Å². The Labute approximate surface area is 145 Å². The van der Waals surface area contributed by atoms with Gasteiger partial charge in [0.2, 0.25) is 5.91 Å². The van der Waals surface area contributed by atoms with E-state index in [1.165, 1.54) is 4.68 Å². The van der Waals surface area contributed by atoms with Crippen molar-refractivity contribution in [3.8, 4) is 6.07 Å². The van der Waals surface area contributed by atoms with Gasteiger partial charge in [0.05, 0.1) is 24.3 Å². The normalized spacial score (nSPS) is 25.8. The van der Waals surface area contributed by atoms with Crippen LogP contribution in [0.5, 0.6) is 0 Å². The molecule has 0 bridgehead atoms. The van der Waals surface area contributed by atoms with E-state index in [-0.39, 0.29) is 24.0 Å². The van der Waals surface area contributed by atoms with Crippen molar-refractivity contribution in [1.29, 1.82) is 5.26 Å². The van der Waals surface area contributed by atoms with E-state index >= 15 is 0 Å². The summed E-state index contributed by atoms with van der Waals surface area (Å²) < 4.78 is 7.39. The van der Waals surface area contributed by atoms with E-state index in [0.29, 0.717) is 12.3 Å². The Morgan fingerprint density at radius 1 is 1.58 bits per heavy atom. The molecule has 3 rings (SSSR count). The molecule has 0 radical (unpaired) electrons. The molecule has 2 unspecified atom stereocenters. The molecule has 0 saturated carbocycles. The average Bonchev–Trinajstić information content (AvgIpc) is 3.31. The Balaban J connectivity index is 1.78. The predicted molar refractivity (Wildman–Crippen MR) is 89.9 cm³/mol. The lowest BCUT2D eigenvalue weighted by molar-refractivity contribution is -0.125. The number of hydrogen-bond donors (Lipinski definition) is 1. The van der Waals surface area contributed by atoms with E-state index in [1.54, 1.807) is 24.9 Å². The van der Waals surface area contributed by atoms with Gasteiger partial charge >= 0.3 is 0 Å². The first-order valence-corrected chi connectivity index (χ1v) is 9.25. The maximum absolute atomic E-state index is 12.5. The number of nitrogens with zero attached hydrogens (tertiary/aromatic N) is 4. The number of nitriles is 1. The van der Waals surface area contributed by atoms with Gasteiger partial charge < -0.3 is 10.1 Å². The molecule has 8 heteroatoms. The summed E-state index contributed by atoms with van der Waals surface area (Å²) >= 11 is 1.64. The van der Waals surface area contributed by atoms with Crippen LogP contribution in [-0.4, -0.2) is 39.4 Å². The predicted octanol–water partition coefficient (Wildman–Crippen LogP) is 1.97. The number of hydrogen-bond acceptors (Lipinski definition) is 6. The van der Waals surface area contributed by atoms with E-state index in [9.17, 15) is 4.79 Å². The van der Waals surface area contributed by atoms with Crippen molar-refractivity contribution in [2.45, 2.75) is 44.4 Å². The zero-order chi connectivity index (χ0) is 16.9. The van der Waals surface area contributed by atoms with Crippen molar-refractivity contribution >= 4 is 17.7 Å². The fourth-order valence-corrected chi connectivity index (χ4v) is 3.74. The molecule has 0 aromatic carbocycles. The minimum absolute atomic E-state index is 0.0155. The Kier molecular flexibility index (Phi) is 5.53. The first-order valence-electron chi connectivity index (χ1n) is 8.20. The summed E-state index contributed by atoms with van der Waals surface area (Å²) in [5.41, 5.74) is 0.645. The fourth-order valence-electron chi connectivity index (χ4n) is 2.86. The van der Waals surface area contributed by atoms with Crippen LogP contribution in [0.1, 0.15) is 44.0 Å². The van der Waals surface area contributed by atoms with Gasteiger partial charge in [-0.1, -0.05) is 11.3 Å². The van der Waals surface area contributed by atoms with Crippen LogP contribution in [0.15, 0.2) is 17.7 Å². The van der Waals surface area contributed by atoms with Crippen LogP contribution in [0.2, 0.25) is 0 Å². The van der Waals surface area contributed by atoms with Gasteiger partial charge in [-0.3, -0.25) is 4.79 Å². The number of rotatable bonds is 5. The Bertz CT molecular complexity index is 647. The number of thioether (sulfide) groups is 1. The second kappa shape index (κ2) is 7.81. The Morgan fingerprint density at radius 3 is 3.12 bits per heavy atom. The zero-order valence-electron chi connectivity index (χ0n) is 13.6. The summed E-state index contributed by atoms with van der Waals surface area (Å²) in [6.45, 7) is 2.45. The van der Waals surface area contributed by atoms with E-state index in [1.807, 2.05) is 11.5 Å². The standard InChI is InChI=1S/C16H21N5O2S/c1-11(8-17)21-9-13(19-20-21)15(14-4-2-3-6-23-14)18-16(22)12-5-7-24-10-12/h5,7,9,11-12,14-15H,2-4,6,10H2,1H3,(H,18,22)/t11-,12?,14?,15-/m1/s1. The Hall–Kier alpha value is -1.85. The number of nitrogens with one attached hydrogen (secondary N) is 1. The van der Waals surface area contributed by atoms with Gasteiger partial charge in [0.15, 0.2) is 0 Å². The quantitative estimate of drug-likeness (QED) is 0.875. The third-order valence-corrected chi connectivity index (χ3v) is 5.24. The summed E-state index contributed by atoms with van der Waals surface area (Å²) in [5, 5.41) is 22.3. The smallest absolute Gasteiger partial charge is 0.228 e. The monoisotopic (exact) mass is 347 g/mol. The van der Waals surface area contributed by atoms with Crippen molar-refractivity contribution in [2.24, 2.45) is 5.92 Å². The maximum Gasteiger partial charge on any atom is 0.228 e. The number of carbonyl (C=O) groups excluding carboxylic acids is 1. The number of aromatic nitrogens is 3. The van der Waals surface area contributed by atoms with Gasteiger partial charge in [-0.15, -0.1) is 16.9 Å². The van der Waals surface area contributed by atoms with Gasteiger partial charge in [0, 0.05) is 12.4 Å². The molecule has 128 valence electrons. The molecule has 2 aliphatic heterocycles. The van der Waals surface area contributed by atoms with Crippen molar-refractivity contribution < 1.29 is 9.53 Å². The highest BCUT2D eigenvalue weighted by atomic mass is 32.2. The van der Waals surface area contributed by atoms with Crippen LogP contribution in [-0.2, 0) is 9.53 Å². The lowest BCUT2D eigenvalue weighted by Gasteiger charge is -2.30. The second-order valence-corrected chi connectivity index (χ2v) is 7.03. The SMILES string of the molecule is C[C@H](C#N)n1cc([C@@H](NC(=O)C2C=CSC2)C2CCCCO2)nn1. The van der Waals surface area contributed by atoms with E-state index in [4.69, 9.17) is 10.00 Å². The van der Waals surface area contributed by atoms with Gasteiger partial charge in [0.25, 0.3) is 0 Å². The highest BCUT2D eigenvalue weighted by Gasteiger charge is 2.32. The lowest BCUT2D eigenvalue weighted by Crippen LogP contribution is -2.41. The van der Waals surface area contributed by atoms with Crippen molar-refractivity contribution in [1.82, 2.24) is 20.3 Å². The minimum Gasteiger partial charge on any atom is -0.376 e. The minimum atomic E-state index is -0.399. The molecule has 2 aliphatic rings. The topological polar surface area (TPSA) is 92.8 Å². The number of carbonyl (C=O) groups is 1.